The van der Waals surface area contributed by atoms with E-state index in [9.17, 15) is 4.79 Å². The molecule has 4 heteroatoms. The summed E-state index contributed by atoms with van der Waals surface area (Å²) in [7, 11) is 0. The Morgan fingerprint density at radius 1 is 1.12 bits per heavy atom. The molecule has 3 aromatic rings. The van der Waals surface area contributed by atoms with Crippen LogP contribution >= 0.6 is 11.6 Å². The summed E-state index contributed by atoms with van der Waals surface area (Å²) < 4.78 is 0. The van der Waals surface area contributed by atoms with Crippen LogP contribution in [-0.4, -0.2) is 10.9 Å². The smallest absolute Gasteiger partial charge is 0.256 e. The fraction of sp³-hybridized carbons (Fsp3) is 0.238. The number of aryl methyl sites for hydroxylation is 3. The third kappa shape index (κ3) is 2.89. The van der Waals surface area contributed by atoms with Crippen LogP contribution in [0.4, 0.5) is 5.69 Å². The molecule has 1 N–H and O–H groups in total. The van der Waals surface area contributed by atoms with Gasteiger partial charge in [-0.3, -0.25) is 9.78 Å². The zero-order chi connectivity index (χ0) is 17.6. The number of carbonyl (C=O) groups is 1. The quantitative estimate of drug-likeness (QED) is 0.686. The minimum atomic E-state index is -0.0835. The van der Waals surface area contributed by atoms with E-state index in [-0.39, 0.29) is 5.91 Å². The van der Waals surface area contributed by atoms with Crippen molar-refractivity contribution in [2.24, 2.45) is 0 Å². The number of aromatic nitrogens is 1. The molecule has 1 amide bonds. The van der Waals surface area contributed by atoms with Crippen LogP contribution < -0.4 is 5.32 Å². The summed E-state index contributed by atoms with van der Waals surface area (Å²) in [5, 5.41) is 4.53. The summed E-state index contributed by atoms with van der Waals surface area (Å²) in [5.41, 5.74) is 6.74. The molecule has 0 bridgehead atoms. The van der Waals surface area contributed by atoms with E-state index in [0.717, 1.165) is 58.2 Å². The Bertz CT molecular complexity index is 1010. The zero-order valence-corrected chi connectivity index (χ0v) is 15.1. The molecular weight excluding hydrogens is 332 g/mol. The SMILES string of the molecule is Cc1ccc(NC(=O)c2c3c(nc4ccc(Cl)cc24)CCC3)c(C)c1. The van der Waals surface area contributed by atoms with Gasteiger partial charge in [0.15, 0.2) is 0 Å². The van der Waals surface area contributed by atoms with E-state index >= 15 is 0 Å². The van der Waals surface area contributed by atoms with Crippen LogP contribution in [0.5, 0.6) is 0 Å². The molecule has 1 heterocycles. The number of nitrogens with zero attached hydrogens (tertiary/aromatic N) is 1. The Balaban J connectivity index is 1.84. The van der Waals surface area contributed by atoms with Gasteiger partial charge in [0.1, 0.15) is 0 Å². The molecule has 0 radical (unpaired) electrons. The van der Waals surface area contributed by atoms with Crippen molar-refractivity contribution in [3.05, 3.63) is 69.4 Å². The molecule has 0 fully saturated rings. The standard InChI is InChI=1S/C21H19ClN2O/c1-12-6-8-17(13(2)10-12)24-21(25)20-15-4-3-5-18(15)23-19-9-7-14(22)11-16(19)20/h6-11H,3-5H2,1-2H3,(H,24,25). The molecule has 0 spiro atoms. The number of hydrogen-bond acceptors (Lipinski definition) is 2. The highest BCUT2D eigenvalue weighted by Gasteiger charge is 2.24. The number of nitrogens with one attached hydrogen (secondary N) is 1. The van der Waals surface area contributed by atoms with Crippen LogP contribution in [0.2, 0.25) is 5.02 Å². The average molecular weight is 351 g/mol. The average Bonchev–Trinajstić information content (AvgIpc) is 3.03. The molecule has 0 atom stereocenters. The predicted octanol–water partition coefficient (Wildman–Crippen LogP) is 5.25. The lowest BCUT2D eigenvalue weighted by Crippen LogP contribution is -2.16. The van der Waals surface area contributed by atoms with E-state index in [2.05, 4.69) is 11.4 Å². The van der Waals surface area contributed by atoms with E-state index in [1.54, 1.807) is 0 Å². The third-order valence-corrected chi connectivity index (χ3v) is 5.07. The summed E-state index contributed by atoms with van der Waals surface area (Å²) in [6.45, 7) is 4.05. The van der Waals surface area contributed by atoms with Crippen molar-refractivity contribution in [2.75, 3.05) is 5.32 Å². The number of anilines is 1. The lowest BCUT2D eigenvalue weighted by Gasteiger charge is -2.14. The van der Waals surface area contributed by atoms with Crippen molar-refractivity contribution in [1.29, 1.82) is 0 Å². The lowest BCUT2D eigenvalue weighted by molar-refractivity contribution is 0.102. The van der Waals surface area contributed by atoms with Gasteiger partial charge >= 0.3 is 0 Å². The summed E-state index contributed by atoms with van der Waals surface area (Å²) in [6.07, 6.45) is 2.86. The van der Waals surface area contributed by atoms with E-state index < -0.39 is 0 Å². The number of amides is 1. The number of hydrogen-bond donors (Lipinski definition) is 1. The van der Waals surface area contributed by atoms with E-state index in [0.29, 0.717) is 5.02 Å². The largest absolute Gasteiger partial charge is 0.322 e. The van der Waals surface area contributed by atoms with Crippen molar-refractivity contribution in [3.63, 3.8) is 0 Å². The van der Waals surface area contributed by atoms with Gasteiger partial charge in [-0.05, 0) is 68.5 Å². The second-order valence-corrected chi connectivity index (χ2v) is 7.14. The molecule has 1 aromatic heterocycles. The summed E-state index contributed by atoms with van der Waals surface area (Å²) in [6, 6.07) is 11.6. The highest BCUT2D eigenvalue weighted by Crippen LogP contribution is 2.32. The molecule has 0 saturated carbocycles. The normalized spacial score (nSPS) is 13.1. The summed E-state index contributed by atoms with van der Waals surface area (Å²) in [5.74, 6) is -0.0835. The molecule has 1 aliphatic rings. The fourth-order valence-corrected chi connectivity index (χ4v) is 3.80. The second-order valence-electron chi connectivity index (χ2n) is 6.70. The van der Waals surface area contributed by atoms with Gasteiger partial charge < -0.3 is 5.32 Å². The van der Waals surface area contributed by atoms with Crippen molar-refractivity contribution >= 4 is 34.1 Å². The van der Waals surface area contributed by atoms with Gasteiger partial charge in [-0.25, -0.2) is 0 Å². The molecule has 25 heavy (non-hydrogen) atoms. The van der Waals surface area contributed by atoms with Gasteiger partial charge in [0.2, 0.25) is 0 Å². The zero-order valence-electron chi connectivity index (χ0n) is 14.3. The van der Waals surface area contributed by atoms with Gasteiger partial charge in [0.05, 0.1) is 11.1 Å². The maximum atomic E-state index is 13.2. The van der Waals surface area contributed by atoms with Gasteiger partial charge in [-0.2, -0.15) is 0 Å². The van der Waals surface area contributed by atoms with E-state index in [4.69, 9.17) is 16.6 Å². The molecule has 0 saturated heterocycles. The van der Waals surface area contributed by atoms with Crippen molar-refractivity contribution in [2.45, 2.75) is 33.1 Å². The Labute approximate surface area is 152 Å². The molecule has 2 aromatic carbocycles. The van der Waals surface area contributed by atoms with Crippen molar-refractivity contribution in [3.8, 4) is 0 Å². The Morgan fingerprint density at radius 2 is 1.96 bits per heavy atom. The molecule has 126 valence electrons. The Morgan fingerprint density at radius 3 is 2.76 bits per heavy atom. The predicted molar refractivity (Wildman–Crippen MR) is 103 cm³/mol. The highest BCUT2D eigenvalue weighted by molar-refractivity contribution is 6.31. The summed E-state index contributed by atoms with van der Waals surface area (Å²) >= 11 is 6.19. The van der Waals surface area contributed by atoms with Crippen LogP contribution in [0.25, 0.3) is 10.9 Å². The fourth-order valence-electron chi connectivity index (χ4n) is 3.63. The first-order valence-corrected chi connectivity index (χ1v) is 8.90. The molecule has 1 aliphatic carbocycles. The van der Waals surface area contributed by atoms with Crippen LogP contribution in [0.15, 0.2) is 36.4 Å². The molecule has 0 aliphatic heterocycles. The van der Waals surface area contributed by atoms with Gasteiger partial charge in [-0.1, -0.05) is 29.3 Å². The number of benzene rings is 2. The maximum Gasteiger partial charge on any atom is 0.256 e. The highest BCUT2D eigenvalue weighted by atomic mass is 35.5. The van der Waals surface area contributed by atoms with Crippen molar-refractivity contribution in [1.82, 2.24) is 4.98 Å². The topological polar surface area (TPSA) is 42.0 Å². The number of carbonyl (C=O) groups excluding carboxylic acids is 1. The first-order chi connectivity index (χ1) is 12.0. The number of fused-ring (bicyclic) bond motifs is 2. The number of halogens is 1. The van der Waals surface area contributed by atoms with E-state index in [1.165, 1.54) is 5.56 Å². The Hall–Kier alpha value is -2.39. The first kappa shape index (κ1) is 16.1. The Kier molecular flexibility index (Phi) is 3.97. The van der Waals surface area contributed by atoms with Crippen LogP contribution in [0.1, 0.15) is 39.2 Å². The first-order valence-electron chi connectivity index (χ1n) is 8.52. The molecule has 3 nitrogen and oxygen atoms in total. The maximum absolute atomic E-state index is 13.2. The minimum absolute atomic E-state index is 0.0835. The van der Waals surface area contributed by atoms with Gasteiger partial charge in [0.25, 0.3) is 5.91 Å². The molecule has 0 unspecified atom stereocenters. The van der Waals surface area contributed by atoms with Gasteiger partial charge in [0, 0.05) is 21.8 Å². The lowest BCUT2D eigenvalue weighted by atomic mass is 10.00. The number of rotatable bonds is 2. The monoisotopic (exact) mass is 350 g/mol. The molecular formula is C21H19ClN2O. The molecule has 4 rings (SSSR count). The third-order valence-electron chi connectivity index (χ3n) is 4.83. The van der Waals surface area contributed by atoms with Crippen LogP contribution in [-0.2, 0) is 12.8 Å². The van der Waals surface area contributed by atoms with Crippen LogP contribution in [0.3, 0.4) is 0 Å². The van der Waals surface area contributed by atoms with Crippen molar-refractivity contribution < 1.29 is 4.79 Å². The number of pyridine rings is 1. The van der Waals surface area contributed by atoms with Crippen LogP contribution in [0, 0.1) is 13.8 Å². The minimum Gasteiger partial charge on any atom is -0.322 e. The second kappa shape index (κ2) is 6.16. The van der Waals surface area contributed by atoms with Gasteiger partial charge in [-0.15, -0.1) is 0 Å². The summed E-state index contributed by atoms with van der Waals surface area (Å²) in [4.78, 5) is 17.9. The van der Waals surface area contributed by atoms with E-state index in [1.807, 2.05) is 44.2 Å².